The average Bonchev–Trinajstić information content (AvgIpc) is 2.70. The molecule has 1 N–H and O–H groups in total. The summed E-state index contributed by atoms with van der Waals surface area (Å²) in [7, 11) is 2.82. The number of hydrogen-bond donors (Lipinski definition) is 1. The van der Waals surface area contributed by atoms with Crippen LogP contribution < -0.4 is 19.5 Å². The fourth-order valence-electron chi connectivity index (χ4n) is 2.16. The molecule has 10 nitrogen and oxygen atoms in total. The monoisotopic (exact) mass is 390 g/mol. The van der Waals surface area contributed by atoms with E-state index >= 15 is 0 Å². The molecule has 2 aromatic carbocycles. The van der Waals surface area contributed by atoms with Crippen LogP contribution in [-0.4, -0.2) is 44.2 Å². The number of hydrogen-bond acceptors (Lipinski definition) is 8. The zero-order valence-corrected chi connectivity index (χ0v) is 15.2. The number of nitro benzene ring substituents is 1. The molecule has 0 aliphatic rings. The molecular weight excluding hydrogens is 372 g/mol. The summed E-state index contributed by atoms with van der Waals surface area (Å²) < 4.78 is 20.3. The third-order valence-corrected chi connectivity index (χ3v) is 3.45. The lowest BCUT2D eigenvalue weighted by molar-refractivity contribution is -0.384. The summed E-state index contributed by atoms with van der Waals surface area (Å²) in [6.45, 7) is -1.02. The van der Waals surface area contributed by atoms with E-state index in [1.165, 1.54) is 26.4 Å². The Hall–Kier alpha value is -3.82. The predicted octanol–water partition coefficient (Wildman–Crippen LogP) is 2.17. The number of anilines is 1. The zero-order chi connectivity index (χ0) is 20.5. The lowest BCUT2D eigenvalue weighted by atomic mass is 10.2. The van der Waals surface area contributed by atoms with E-state index in [0.29, 0.717) is 11.5 Å². The number of methoxy groups -OCH3 is 2. The second-order valence-electron chi connectivity index (χ2n) is 5.29. The fraction of sp³-hybridized carbons (Fsp3) is 0.222. The molecule has 0 radical (unpaired) electrons. The van der Waals surface area contributed by atoms with Crippen LogP contribution in [0.25, 0.3) is 0 Å². The Kier molecular flexibility index (Phi) is 7.14. The Labute approximate surface area is 160 Å². The molecule has 0 aromatic heterocycles. The summed E-state index contributed by atoms with van der Waals surface area (Å²) in [5.41, 5.74) is -0.138. The highest BCUT2D eigenvalue weighted by Crippen LogP contribution is 2.29. The Bertz CT molecular complexity index is 868. The van der Waals surface area contributed by atoms with E-state index in [-0.39, 0.29) is 17.1 Å². The summed E-state index contributed by atoms with van der Waals surface area (Å²) >= 11 is 0. The lowest BCUT2D eigenvalue weighted by Gasteiger charge is -2.11. The molecule has 0 aliphatic carbocycles. The number of carbonyl (C=O) groups excluding carboxylic acids is 2. The molecule has 2 aromatic rings. The number of rotatable bonds is 9. The number of carbonyl (C=O) groups is 2. The number of amides is 1. The molecule has 0 spiro atoms. The molecule has 2 rings (SSSR count). The maximum absolute atomic E-state index is 12.0. The van der Waals surface area contributed by atoms with Crippen molar-refractivity contribution in [1.29, 1.82) is 0 Å². The van der Waals surface area contributed by atoms with E-state index < -0.39 is 30.0 Å². The van der Waals surface area contributed by atoms with Crippen LogP contribution in [0.5, 0.6) is 17.2 Å². The predicted molar refractivity (Wildman–Crippen MR) is 97.7 cm³/mol. The standard InChI is InChI=1S/C18H18N2O8/c1-25-14-8-7-12(20(23)24)9-13(14)19-17(21)10-28-18(22)11-27-16-6-4-3-5-15(16)26-2/h3-9H,10-11H2,1-2H3,(H,19,21). The average molecular weight is 390 g/mol. The van der Waals surface area contributed by atoms with Gasteiger partial charge < -0.3 is 24.3 Å². The molecule has 0 atom stereocenters. The first kappa shape index (κ1) is 20.5. The Balaban J connectivity index is 1.87. The molecule has 0 unspecified atom stereocenters. The molecule has 0 aliphatic heterocycles. The minimum atomic E-state index is -0.771. The minimum absolute atomic E-state index is 0.0861. The molecule has 1 amide bonds. The molecule has 0 saturated heterocycles. The maximum Gasteiger partial charge on any atom is 0.344 e. The molecule has 0 bridgehead atoms. The normalized spacial score (nSPS) is 9.93. The Morgan fingerprint density at radius 2 is 1.68 bits per heavy atom. The highest BCUT2D eigenvalue weighted by atomic mass is 16.6. The van der Waals surface area contributed by atoms with Gasteiger partial charge >= 0.3 is 5.97 Å². The van der Waals surface area contributed by atoms with E-state index in [0.717, 1.165) is 6.07 Å². The first-order chi connectivity index (χ1) is 13.4. The van der Waals surface area contributed by atoms with Crippen LogP contribution in [0, 0.1) is 10.1 Å². The van der Waals surface area contributed by atoms with Gasteiger partial charge in [0.1, 0.15) is 5.75 Å². The van der Waals surface area contributed by atoms with E-state index in [1.807, 2.05) is 0 Å². The molecule has 0 fully saturated rings. The second-order valence-corrected chi connectivity index (χ2v) is 5.29. The smallest absolute Gasteiger partial charge is 0.344 e. The minimum Gasteiger partial charge on any atom is -0.495 e. The SMILES string of the molecule is COc1ccc([N+](=O)[O-])cc1NC(=O)COC(=O)COc1ccccc1OC. The zero-order valence-electron chi connectivity index (χ0n) is 15.2. The van der Waals surface area contributed by atoms with Gasteiger partial charge in [-0.3, -0.25) is 14.9 Å². The molecule has 148 valence electrons. The summed E-state index contributed by atoms with van der Waals surface area (Å²) in [6.07, 6.45) is 0. The Morgan fingerprint density at radius 3 is 2.32 bits per heavy atom. The third kappa shape index (κ3) is 5.59. The van der Waals surface area contributed by atoms with Crippen molar-refractivity contribution in [3.63, 3.8) is 0 Å². The number of nitro groups is 1. The Morgan fingerprint density at radius 1 is 1.00 bits per heavy atom. The number of ether oxygens (including phenoxy) is 4. The van der Waals surface area contributed by atoms with Crippen molar-refractivity contribution >= 4 is 23.3 Å². The third-order valence-electron chi connectivity index (χ3n) is 3.45. The number of esters is 1. The van der Waals surface area contributed by atoms with Gasteiger partial charge in [0.05, 0.1) is 24.8 Å². The van der Waals surface area contributed by atoms with E-state index in [2.05, 4.69) is 5.32 Å². The number of benzene rings is 2. The second kappa shape index (κ2) is 9.76. The van der Waals surface area contributed by atoms with Gasteiger partial charge in [-0.05, 0) is 18.2 Å². The molecule has 0 saturated carbocycles. The first-order valence-corrected chi connectivity index (χ1v) is 7.98. The van der Waals surface area contributed by atoms with Gasteiger partial charge in [0, 0.05) is 12.1 Å². The van der Waals surface area contributed by atoms with Gasteiger partial charge in [-0.2, -0.15) is 0 Å². The van der Waals surface area contributed by atoms with Gasteiger partial charge in [0.2, 0.25) is 0 Å². The summed E-state index contributed by atoms with van der Waals surface area (Å²) in [5.74, 6) is -0.431. The van der Waals surface area contributed by atoms with Gasteiger partial charge in [-0.25, -0.2) is 4.79 Å². The lowest BCUT2D eigenvalue weighted by Crippen LogP contribution is -2.24. The van der Waals surface area contributed by atoms with Crippen molar-refractivity contribution < 1.29 is 33.5 Å². The highest BCUT2D eigenvalue weighted by molar-refractivity contribution is 5.94. The highest BCUT2D eigenvalue weighted by Gasteiger charge is 2.15. The van der Waals surface area contributed by atoms with Gasteiger partial charge in [-0.15, -0.1) is 0 Å². The van der Waals surface area contributed by atoms with Crippen molar-refractivity contribution in [3.05, 3.63) is 52.6 Å². The van der Waals surface area contributed by atoms with Gasteiger partial charge in [0.25, 0.3) is 11.6 Å². The van der Waals surface area contributed by atoms with Crippen LogP contribution in [-0.2, 0) is 14.3 Å². The van der Waals surface area contributed by atoms with Crippen LogP contribution in [0.2, 0.25) is 0 Å². The van der Waals surface area contributed by atoms with Crippen LogP contribution in [0.15, 0.2) is 42.5 Å². The summed E-state index contributed by atoms with van der Waals surface area (Å²) in [5, 5.41) is 13.2. The number of nitrogens with zero attached hydrogens (tertiary/aromatic N) is 1. The molecule has 0 heterocycles. The van der Waals surface area contributed by atoms with Crippen LogP contribution in [0.3, 0.4) is 0 Å². The van der Waals surface area contributed by atoms with Crippen LogP contribution in [0.4, 0.5) is 11.4 Å². The molecule has 10 heteroatoms. The van der Waals surface area contributed by atoms with Gasteiger partial charge in [0.15, 0.2) is 24.7 Å². The summed E-state index contributed by atoms with van der Waals surface area (Å²) in [4.78, 5) is 34.0. The van der Waals surface area contributed by atoms with E-state index in [1.54, 1.807) is 24.3 Å². The van der Waals surface area contributed by atoms with Gasteiger partial charge in [-0.1, -0.05) is 12.1 Å². The summed E-state index contributed by atoms with van der Waals surface area (Å²) in [6, 6.07) is 10.5. The fourth-order valence-corrected chi connectivity index (χ4v) is 2.16. The number of para-hydroxylation sites is 2. The van der Waals surface area contributed by atoms with Crippen LogP contribution >= 0.6 is 0 Å². The molecular formula is C18H18N2O8. The van der Waals surface area contributed by atoms with Crippen molar-refractivity contribution in [3.8, 4) is 17.2 Å². The van der Waals surface area contributed by atoms with Crippen molar-refractivity contribution in [2.75, 3.05) is 32.8 Å². The number of non-ortho nitro benzene ring substituents is 1. The number of nitrogens with one attached hydrogen (secondary N) is 1. The molecule has 28 heavy (non-hydrogen) atoms. The topological polar surface area (TPSA) is 126 Å². The maximum atomic E-state index is 12.0. The largest absolute Gasteiger partial charge is 0.495 e. The quantitative estimate of drug-likeness (QED) is 0.392. The van der Waals surface area contributed by atoms with E-state index in [9.17, 15) is 19.7 Å². The van der Waals surface area contributed by atoms with Crippen molar-refractivity contribution in [1.82, 2.24) is 0 Å². The van der Waals surface area contributed by atoms with Crippen LogP contribution in [0.1, 0.15) is 0 Å². The van der Waals surface area contributed by atoms with E-state index in [4.69, 9.17) is 18.9 Å². The first-order valence-electron chi connectivity index (χ1n) is 7.98. The van der Waals surface area contributed by atoms with Crippen molar-refractivity contribution in [2.24, 2.45) is 0 Å². The van der Waals surface area contributed by atoms with Crippen molar-refractivity contribution in [2.45, 2.75) is 0 Å².